The number of carbonyl (C=O) groups is 1. The van der Waals surface area contributed by atoms with Gasteiger partial charge in [-0.1, -0.05) is 76.5 Å². The van der Waals surface area contributed by atoms with Crippen LogP contribution >= 0.6 is 0 Å². The number of allylic oxidation sites excluding steroid dienone is 4. The number of aliphatic imine (C=N–C) groups is 1. The summed E-state index contributed by atoms with van der Waals surface area (Å²) in [7, 11) is 4.99. The minimum absolute atomic E-state index is 0.0629. The van der Waals surface area contributed by atoms with Gasteiger partial charge in [0.05, 0.1) is 5.70 Å². The lowest BCUT2D eigenvalue weighted by molar-refractivity contribution is -0.121. The zero-order valence-electron chi connectivity index (χ0n) is 29.7. The van der Waals surface area contributed by atoms with E-state index >= 15 is 0 Å². The second-order valence-electron chi connectivity index (χ2n) is 11.0. The Kier molecular flexibility index (Phi) is 18.2. The van der Waals surface area contributed by atoms with Crippen molar-refractivity contribution in [2.45, 2.75) is 73.3 Å². The van der Waals surface area contributed by atoms with E-state index in [0.717, 1.165) is 85.5 Å². The van der Waals surface area contributed by atoms with E-state index in [1.54, 1.807) is 33.4 Å². The molecule has 0 fully saturated rings. The zero-order valence-corrected chi connectivity index (χ0v) is 29.7. The van der Waals surface area contributed by atoms with Crippen molar-refractivity contribution in [2.75, 3.05) is 47.3 Å². The number of rotatable bonds is 12. The lowest BCUT2D eigenvalue weighted by atomic mass is 9.94. The van der Waals surface area contributed by atoms with Gasteiger partial charge < -0.3 is 20.9 Å². The highest BCUT2D eigenvalue weighted by Gasteiger charge is 2.27. The molecule has 9 nitrogen and oxygen atoms in total. The predicted molar refractivity (Wildman–Crippen MR) is 194 cm³/mol. The molecule has 252 valence electrons. The molecule has 3 aliphatic rings. The summed E-state index contributed by atoms with van der Waals surface area (Å²) >= 11 is 0. The summed E-state index contributed by atoms with van der Waals surface area (Å²) in [4.78, 5) is 33.9. The van der Waals surface area contributed by atoms with Gasteiger partial charge in [0.2, 0.25) is 0 Å². The molecule has 0 aliphatic carbocycles. The Bertz CT molecular complexity index is 1350. The molecule has 0 radical (unpaired) electrons. The van der Waals surface area contributed by atoms with E-state index in [9.17, 15) is 9.59 Å². The van der Waals surface area contributed by atoms with Crippen molar-refractivity contribution in [3.05, 3.63) is 88.1 Å². The highest BCUT2D eigenvalue weighted by atomic mass is 16.2. The maximum Gasteiger partial charge on any atom is 0.271 e. The molecule has 46 heavy (non-hydrogen) atoms. The minimum Gasteiger partial charge on any atom is -0.384 e. The average Bonchev–Trinajstić information content (AvgIpc) is 3.55. The van der Waals surface area contributed by atoms with Crippen LogP contribution in [0.15, 0.2) is 93.1 Å². The standard InChI is InChI=1S/C33H45N7O2.2C2H6/c1-7-8-25(21-39-16-11-26(12-17-39)32(35)24(3)20-28(34)33(42)38(5)6)19-23(2)30(10-14-36-4)40-18-13-29-27(9-15-37-29)31(40)22-41;2*1-2/h10-11,13-14,18-20,32,34,37H,2,7-9,12,15-17,21,35H2,1,3-6H3;2*1-2H3/b24-20-,25-19+,30-10+,34-28?,36-14?;;. The second kappa shape index (κ2) is 20.9. The molecule has 0 spiro atoms. The van der Waals surface area contributed by atoms with Crippen LogP contribution in [0, 0.1) is 5.41 Å². The van der Waals surface area contributed by atoms with E-state index in [2.05, 4.69) is 46.8 Å². The molecular formula is C37H57N7O2. The first-order valence-electron chi connectivity index (χ1n) is 16.5. The zero-order chi connectivity index (χ0) is 34.8. The summed E-state index contributed by atoms with van der Waals surface area (Å²) in [6, 6.07) is -0.316. The molecule has 4 N–H and O–H groups in total. The molecule has 0 aromatic heterocycles. The Labute approximate surface area is 277 Å². The molecule has 0 aromatic carbocycles. The Morgan fingerprint density at radius 1 is 1.24 bits per heavy atom. The topological polar surface area (TPSA) is 118 Å². The lowest BCUT2D eigenvalue weighted by Gasteiger charge is -2.30. The normalized spacial score (nSPS) is 17.6. The first-order valence-corrected chi connectivity index (χ1v) is 16.5. The van der Waals surface area contributed by atoms with Gasteiger partial charge in [0.1, 0.15) is 11.4 Å². The van der Waals surface area contributed by atoms with Gasteiger partial charge in [-0.3, -0.25) is 20.1 Å². The third-order valence-corrected chi connectivity index (χ3v) is 7.60. The van der Waals surface area contributed by atoms with Crippen LogP contribution in [0.2, 0.25) is 0 Å². The van der Waals surface area contributed by atoms with Crippen LogP contribution < -0.4 is 11.1 Å². The molecule has 3 heterocycles. The third-order valence-electron chi connectivity index (χ3n) is 7.60. The SMILES string of the molecule is C=C(/C=C(\CCC)CN1CC=C(C(N)/C(C)=C\C(=N)C(=O)N(C)C)CC1)/C(=C\C=NC)N1C=CC2=C(CCN2)C1=C=O.CC.CC. The van der Waals surface area contributed by atoms with Gasteiger partial charge in [-0.25, -0.2) is 4.79 Å². The van der Waals surface area contributed by atoms with Gasteiger partial charge in [-0.2, -0.15) is 0 Å². The van der Waals surface area contributed by atoms with E-state index in [-0.39, 0.29) is 17.7 Å². The summed E-state index contributed by atoms with van der Waals surface area (Å²) in [5, 5.41) is 11.4. The molecule has 0 bridgehead atoms. The Morgan fingerprint density at radius 2 is 1.93 bits per heavy atom. The molecule has 3 aliphatic heterocycles. The number of amides is 1. The largest absolute Gasteiger partial charge is 0.384 e. The van der Waals surface area contributed by atoms with Crippen LogP contribution in [0.3, 0.4) is 0 Å². The van der Waals surface area contributed by atoms with Crippen molar-refractivity contribution in [3.8, 4) is 0 Å². The first-order chi connectivity index (χ1) is 22.1. The van der Waals surface area contributed by atoms with Gasteiger partial charge in [-0.15, -0.1) is 0 Å². The number of nitrogens with one attached hydrogen (secondary N) is 2. The summed E-state index contributed by atoms with van der Waals surface area (Å²) in [5.74, 6) is 1.82. The smallest absolute Gasteiger partial charge is 0.271 e. The molecule has 0 saturated carbocycles. The second-order valence-corrected chi connectivity index (χ2v) is 11.0. The molecule has 9 heteroatoms. The highest BCUT2D eigenvalue weighted by molar-refractivity contribution is 6.42. The quantitative estimate of drug-likeness (QED) is 0.110. The van der Waals surface area contributed by atoms with E-state index < -0.39 is 0 Å². The van der Waals surface area contributed by atoms with Gasteiger partial charge in [0, 0.05) is 77.0 Å². The third kappa shape index (κ3) is 11.1. The van der Waals surface area contributed by atoms with E-state index in [4.69, 9.17) is 11.1 Å². The van der Waals surface area contributed by atoms with E-state index in [1.165, 1.54) is 10.5 Å². The van der Waals surface area contributed by atoms with Crippen LogP contribution in [0.5, 0.6) is 0 Å². The summed E-state index contributed by atoms with van der Waals surface area (Å²) in [6.07, 6.45) is 16.9. The van der Waals surface area contributed by atoms with Crippen LogP contribution in [-0.2, 0) is 9.59 Å². The highest BCUT2D eigenvalue weighted by Crippen LogP contribution is 2.33. The minimum atomic E-state index is -0.339. The van der Waals surface area contributed by atoms with Crippen LogP contribution in [0.4, 0.5) is 0 Å². The van der Waals surface area contributed by atoms with Crippen molar-refractivity contribution in [2.24, 2.45) is 10.7 Å². The van der Waals surface area contributed by atoms with E-state index in [0.29, 0.717) is 5.70 Å². The van der Waals surface area contributed by atoms with Crippen molar-refractivity contribution >= 4 is 23.8 Å². The van der Waals surface area contributed by atoms with Crippen LogP contribution in [0.1, 0.15) is 67.2 Å². The Hall–Kier alpha value is -4.04. The molecule has 3 rings (SSSR count). The molecule has 0 aromatic rings. The van der Waals surface area contributed by atoms with Crippen molar-refractivity contribution in [3.63, 3.8) is 0 Å². The van der Waals surface area contributed by atoms with Crippen LogP contribution in [-0.4, -0.2) is 91.8 Å². The molecule has 1 atom stereocenters. The van der Waals surface area contributed by atoms with Gasteiger partial charge in [0.15, 0.2) is 5.94 Å². The first kappa shape index (κ1) is 40.0. The summed E-state index contributed by atoms with van der Waals surface area (Å²) in [6.45, 7) is 19.7. The number of nitrogens with zero attached hydrogens (tertiary/aromatic N) is 4. The summed E-state index contributed by atoms with van der Waals surface area (Å²) < 4.78 is 0. The number of hydrogen-bond acceptors (Lipinski definition) is 8. The predicted octanol–water partition coefficient (Wildman–Crippen LogP) is 5.71. The molecule has 1 amide bonds. The molecule has 1 unspecified atom stereocenters. The van der Waals surface area contributed by atoms with Gasteiger partial charge in [-0.05, 0) is 50.0 Å². The maximum atomic E-state index is 12.1. The number of nitrogens with two attached hydrogens (primary N) is 1. The molecule has 0 saturated heterocycles. The average molecular weight is 632 g/mol. The fourth-order valence-corrected chi connectivity index (χ4v) is 5.33. The number of hydrogen-bond donors (Lipinski definition) is 3. The van der Waals surface area contributed by atoms with Crippen molar-refractivity contribution < 1.29 is 9.59 Å². The van der Waals surface area contributed by atoms with Crippen molar-refractivity contribution in [1.29, 1.82) is 5.41 Å². The maximum absolute atomic E-state index is 12.1. The summed E-state index contributed by atoms with van der Waals surface area (Å²) in [5.41, 5.74) is 13.7. The number of carbonyl (C=O) groups excluding carboxylic acids is 2. The fourth-order valence-electron chi connectivity index (χ4n) is 5.33. The van der Waals surface area contributed by atoms with Gasteiger partial charge in [0.25, 0.3) is 5.91 Å². The van der Waals surface area contributed by atoms with Crippen LogP contribution in [0.25, 0.3) is 0 Å². The van der Waals surface area contributed by atoms with Gasteiger partial charge >= 0.3 is 0 Å². The Balaban J connectivity index is 0.00000254. The monoisotopic (exact) mass is 631 g/mol. The van der Waals surface area contributed by atoms with Crippen molar-refractivity contribution in [1.82, 2.24) is 20.0 Å². The fraction of sp³-hybridized carbons (Fsp3) is 0.486. The Morgan fingerprint density at radius 3 is 2.50 bits per heavy atom. The van der Waals surface area contributed by atoms with E-state index in [1.807, 2.05) is 57.9 Å². The lowest BCUT2D eigenvalue weighted by Crippen LogP contribution is -2.36. The molecular weight excluding hydrogens is 574 g/mol.